The Morgan fingerprint density at radius 3 is 1.68 bits per heavy atom. The van der Waals surface area contributed by atoms with E-state index in [4.69, 9.17) is 0 Å². The fourth-order valence-electron chi connectivity index (χ4n) is 1.29. The van der Waals surface area contributed by atoms with Gasteiger partial charge in [0.05, 0.1) is 4.92 Å². The molecule has 138 valence electrons. The third kappa shape index (κ3) is 10.6. The molecule has 15 nitrogen and oxygen atoms in total. The molecule has 1 rings (SSSR count). The molecule has 0 amide bonds. The summed E-state index contributed by atoms with van der Waals surface area (Å²) in [6.07, 6.45) is -1.55. The Morgan fingerprint density at radius 1 is 0.880 bits per heavy atom. The molecule has 0 bridgehead atoms. The average Bonchev–Trinajstić information content (AvgIpc) is 2.50. The first-order valence-electron chi connectivity index (χ1n) is 6.19. The van der Waals surface area contributed by atoms with E-state index in [1.54, 1.807) is 25.1 Å². The predicted octanol–water partition coefficient (Wildman–Crippen LogP) is 0.883. The summed E-state index contributed by atoms with van der Waals surface area (Å²) >= 11 is 0. The van der Waals surface area contributed by atoms with E-state index in [-0.39, 0.29) is 10.6 Å². The highest BCUT2D eigenvalue weighted by Gasteiger charge is 2.17. The van der Waals surface area contributed by atoms with Gasteiger partial charge in [-0.25, -0.2) is 0 Å². The summed E-state index contributed by atoms with van der Waals surface area (Å²) in [4.78, 5) is 50.4. The van der Waals surface area contributed by atoms with Crippen LogP contribution in [-0.4, -0.2) is 39.5 Å². The van der Waals surface area contributed by atoms with Crippen LogP contribution < -0.4 is 0 Å². The number of para-hydroxylation sites is 1. The first-order valence-corrected chi connectivity index (χ1v) is 6.19. The normalized spacial score (nSPS) is 9.36. The zero-order chi connectivity index (χ0) is 19.4. The van der Waals surface area contributed by atoms with Crippen LogP contribution in [0.15, 0.2) is 24.3 Å². The minimum atomic E-state index is -1.55. The second-order valence-electron chi connectivity index (χ2n) is 4.03. The van der Waals surface area contributed by atoms with Crippen molar-refractivity contribution in [3.05, 3.63) is 70.3 Å². The van der Waals surface area contributed by atoms with Crippen LogP contribution in [0.1, 0.15) is 5.56 Å². The largest absolute Gasteiger partial charge is 0.311 e. The Morgan fingerprint density at radius 2 is 1.36 bits per heavy atom. The van der Waals surface area contributed by atoms with E-state index >= 15 is 0 Å². The highest BCUT2D eigenvalue weighted by Crippen LogP contribution is 2.14. The number of hydrogen-bond donors (Lipinski definition) is 0. The molecule has 0 heterocycles. The molecule has 0 aliphatic carbocycles. The van der Waals surface area contributed by atoms with Gasteiger partial charge in [0.25, 0.3) is 20.9 Å². The Hall–Kier alpha value is -3.78. The molecule has 0 aromatic heterocycles. The summed E-state index contributed by atoms with van der Waals surface area (Å²) in [6.45, 7) is 0.0295. The van der Waals surface area contributed by atoms with Gasteiger partial charge in [-0.15, -0.1) is 30.3 Å². The summed E-state index contributed by atoms with van der Waals surface area (Å²) in [5, 5.41) is 35.8. The molecular weight excluding hydrogens is 352 g/mol. The summed E-state index contributed by atoms with van der Waals surface area (Å²) < 4.78 is 0. The van der Waals surface area contributed by atoms with Crippen molar-refractivity contribution in [2.75, 3.05) is 13.2 Å². The van der Waals surface area contributed by atoms with Gasteiger partial charge in [0.2, 0.25) is 0 Å². The lowest BCUT2D eigenvalue weighted by Crippen LogP contribution is -2.30. The lowest BCUT2D eigenvalue weighted by molar-refractivity contribution is -0.803. The van der Waals surface area contributed by atoms with Crippen molar-refractivity contribution in [1.29, 1.82) is 0 Å². The van der Waals surface area contributed by atoms with E-state index in [1.165, 1.54) is 6.07 Å². The van der Waals surface area contributed by atoms with Crippen LogP contribution in [0.3, 0.4) is 0 Å². The minimum Gasteiger partial charge on any atom is -0.311 e. The van der Waals surface area contributed by atoms with Gasteiger partial charge in [0, 0.05) is 11.6 Å². The van der Waals surface area contributed by atoms with Gasteiger partial charge < -0.3 is 14.5 Å². The monoisotopic (exact) mass is 364 g/mol. The Kier molecular flexibility index (Phi) is 9.22. The van der Waals surface area contributed by atoms with E-state index in [9.17, 15) is 40.5 Å². The van der Waals surface area contributed by atoms with Gasteiger partial charge in [-0.2, -0.15) is 0 Å². The first-order chi connectivity index (χ1) is 11.6. The van der Waals surface area contributed by atoms with Crippen molar-refractivity contribution in [3.63, 3.8) is 0 Å². The SMILES string of the molecule is Cc1ccccc1[N+](=O)[O-].O=[N+]([O-])OCC(CO[N+](=O)[O-])O[N+](=O)[O-]. The van der Waals surface area contributed by atoms with E-state index < -0.39 is 34.6 Å². The fourth-order valence-corrected chi connectivity index (χ4v) is 1.29. The molecule has 0 saturated carbocycles. The molecule has 0 aliphatic rings. The van der Waals surface area contributed by atoms with Crippen LogP contribution in [0.25, 0.3) is 0 Å². The van der Waals surface area contributed by atoms with Gasteiger partial charge in [-0.1, -0.05) is 18.2 Å². The van der Waals surface area contributed by atoms with Crippen LogP contribution in [0.2, 0.25) is 0 Å². The van der Waals surface area contributed by atoms with Crippen LogP contribution >= 0.6 is 0 Å². The van der Waals surface area contributed by atoms with Crippen molar-refractivity contribution >= 4 is 5.69 Å². The highest BCUT2D eigenvalue weighted by molar-refractivity contribution is 5.38. The number of nitro groups is 1. The second kappa shape index (κ2) is 10.9. The Balaban J connectivity index is 0.000000496. The quantitative estimate of drug-likeness (QED) is 0.444. The molecule has 1 aromatic rings. The zero-order valence-corrected chi connectivity index (χ0v) is 12.6. The summed E-state index contributed by atoms with van der Waals surface area (Å²) in [7, 11) is 0. The lowest BCUT2D eigenvalue weighted by atomic mass is 10.2. The van der Waals surface area contributed by atoms with Crippen molar-refractivity contribution in [3.8, 4) is 0 Å². The molecule has 0 aliphatic heterocycles. The van der Waals surface area contributed by atoms with Gasteiger partial charge >= 0.3 is 0 Å². The molecule has 15 heteroatoms. The number of rotatable bonds is 9. The molecule has 25 heavy (non-hydrogen) atoms. The van der Waals surface area contributed by atoms with Crippen molar-refractivity contribution in [2.45, 2.75) is 13.0 Å². The summed E-state index contributed by atoms with van der Waals surface area (Å²) in [6, 6.07) is 6.65. The predicted molar refractivity (Wildman–Crippen MR) is 75.6 cm³/mol. The average molecular weight is 364 g/mol. The standard InChI is InChI=1S/C7H7NO2.C3H5N3O9/c1-6-4-2-3-5-7(6)8(9)10;7-4(8)13-1-3(15-6(11)12)2-14-5(9)10/h2-5H,1H3;3H,1-2H2. The zero-order valence-electron chi connectivity index (χ0n) is 12.6. The van der Waals surface area contributed by atoms with E-state index in [2.05, 4.69) is 14.5 Å². The molecular formula is C10H12N4O11. The summed E-state index contributed by atoms with van der Waals surface area (Å²) in [5.74, 6) is 0. The maximum absolute atomic E-state index is 10.2. The van der Waals surface area contributed by atoms with E-state index in [0.29, 0.717) is 5.56 Å². The van der Waals surface area contributed by atoms with Gasteiger partial charge in [0.1, 0.15) is 13.2 Å². The molecule has 0 saturated heterocycles. The third-order valence-corrected chi connectivity index (χ3v) is 2.28. The number of aryl methyl sites for hydroxylation is 1. The number of hydrogen-bond acceptors (Lipinski definition) is 11. The van der Waals surface area contributed by atoms with Crippen LogP contribution in [0.5, 0.6) is 0 Å². The van der Waals surface area contributed by atoms with Crippen molar-refractivity contribution < 1.29 is 34.7 Å². The van der Waals surface area contributed by atoms with E-state index in [0.717, 1.165) is 0 Å². The topological polar surface area (TPSA) is 200 Å². The fraction of sp³-hybridized carbons (Fsp3) is 0.400. The highest BCUT2D eigenvalue weighted by atomic mass is 17.0. The van der Waals surface area contributed by atoms with Crippen molar-refractivity contribution in [2.24, 2.45) is 0 Å². The van der Waals surface area contributed by atoms with Crippen LogP contribution in [0, 0.1) is 47.4 Å². The Labute approximate surface area is 138 Å². The first kappa shape index (κ1) is 21.2. The van der Waals surface area contributed by atoms with Gasteiger partial charge in [-0.3, -0.25) is 10.1 Å². The summed E-state index contributed by atoms with van der Waals surface area (Å²) in [5.41, 5.74) is 0.884. The van der Waals surface area contributed by atoms with Crippen molar-refractivity contribution in [1.82, 2.24) is 0 Å². The molecule has 0 unspecified atom stereocenters. The van der Waals surface area contributed by atoms with Crippen LogP contribution in [-0.2, 0) is 14.5 Å². The third-order valence-electron chi connectivity index (χ3n) is 2.28. The van der Waals surface area contributed by atoms with Crippen LogP contribution in [0.4, 0.5) is 5.69 Å². The second-order valence-corrected chi connectivity index (χ2v) is 4.03. The smallest absolute Gasteiger partial charge is 0.294 e. The number of nitrogens with zero attached hydrogens (tertiary/aromatic N) is 4. The lowest BCUT2D eigenvalue weighted by Gasteiger charge is -2.11. The Bertz CT molecular complexity index is 605. The molecule has 0 fully saturated rings. The van der Waals surface area contributed by atoms with Gasteiger partial charge in [-0.05, 0) is 6.92 Å². The molecule has 0 atom stereocenters. The molecule has 0 radical (unpaired) electrons. The molecule has 1 aromatic carbocycles. The molecule has 0 spiro atoms. The van der Waals surface area contributed by atoms with E-state index in [1.807, 2.05) is 0 Å². The molecule has 0 N–H and O–H groups in total. The number of benzene rings is 1. The maximum atomic E-state index is 10.2. The maximum Gasteiger partial charge on any atom is 0.294 e. The number of nitro benzene ring substituents is 1. The van der Waals surface area contributed by atoms with Gasteiger partial charge in [0.15, 0.2) is 6.10 Å². The minimum absolute atomic E-state index is 0.183.